The third-order valence-corrected chi connectivity index (χ3v) is 7.81. The standard InChI is InChI=1S/C28H20N2Se/c1-2-8-21(9-3-1)19-30-25-12-6-4-10-22(25)23-18-20(14-16-26(23)30)15-17-28-29-24-11-5-7-13-27(24)31-28/h1-18H,19H2/b17-15+. The van der Waals surface area contributed by atoms with E-state index in [2.05, 4.69) is 114 Å². The Bertz CT molecular complexity index is 1520. The summed E-state index contributed by atoms with van der Waals surface area (Å²) in [4.78, 5) is 4.78. The van der Waals surface area contributed by atoms with Crippen LogP contribution in [0.1, 0.15) is 15.7 Å². The Morgan fingerprint density at radius 3 is 2.39 bits per heavy atom. The molecule has 2 nitrogen and oxygen atoms in total. The van der Waals surface area contributed by atoms with Gasteiger partial charge in [0, 0.05) is 0 Å². The number of fused-ring (bicyclic) bond motifs is 4. The minimum absolute atomic E-state index is 0.295. The molecule has 0 saturated carbocycles. The second-order valence-corrected chi connectivity index (χ2v) is 9.95. The summed E-state index contributed by atoms with van der Waals surface area (Å²) in [7, 11) is 0. The average molecular weight is 463 g/mol. The van der Waals surface area contributed by atoms with Crippen LogP contribution in [0.15, 0.2) is 97.1 Å². The molecule has 0 unspecified atom stereocenters. The molecular weight excluding hydrogens is 443 g/mol. The first kappa shape index (κ1) is 18.4. The molecule has 6 aromatic rings. The van der Waals surface area contributed by atoms with Crippen LogP contribution in [0.2, 0.25) is 0 Å². The van der Waals surface area contributed by atoms with Gasteiger partial charge in [0.25, 0.3) is 0 Å². The van der Waals surface area contributed by atoms with Crippen molar-refractivity contribution in [2.24, 2.45) is 0 Å². The molecule has 0 atom stereocenters. The van der Waals surface area contributed by atoms with Gasteiger partial charge in [-0.25, -0.2) is 0 Å². The van der Waals surface area contributed by atoms with E-state index in [4.69, 9.17) is 4.98 Å². The van der Waals surface area contributed by atoms with Crippen LogP contribution in [-0.4, -0.2) is 24.1 Å². The van der Waals surface area contributed by atoms with Gasteiger partial charge in [-0.3, -0.25) is 0 Å². The van der Waals surface area contributed by atoms with Gasteiger partial charge in [-0.05, 0) is 0 Å². The molecule has 4 aromatic carbocycles. The molecule has 3 heteroatoms. The fraction of sp³-hybridized carbons (Fsp3) is 0.0357. The zero-order chi connectivity index (χ0) is 20.6. The molecule has 0 aliphatic heterocycles. The number of rotatable bonds is 4. The zero-order valence-corrected chi connectivity index (χ0v) is 18.6. The summed E-state index contributed by atoms with van der Waals surface area (Å²) in [5, 5.41) is 2.61. The molecule has 0 bridgehead atoms. The Kier molecular flexibility index (Phi) is 4.57. The predicted molar refractivity (Wildman–Crippen MR) is 133 cm³/mol. The first-order valence-corrected chi connectivity index (χ1v) is 12.1. The van der Waals surface area contributed by atoms with E-state index in [1.165, 1.54) is 41.8 Å². The Balaban J connectivity index is 1.43. The van der Waals surface area contributed by atoms with Crippen LogP contribution in [0.4, 0.5) is 0 Å². The normalized spacial score (nSPS) is 11.9. The number of nitrogens with zero attached hydrogens (tertiary/aromatic N) is 2. The van der Waals surface area contributed by atoms with Crippen molar-refractivity contribution in [3.05, 3.63) is 113 Å². The summed E-state index contributed by atoms with van der Waals surface area (Å²) < 4.78 is 4.98. The molecule has 148 valence electrons. The van der Waals surface area contributed by atoms with Crippen LogP contribution in [-0.2, 0) is 6.54 Å². The second kappa shape index (κ2) is 7.70. The summed E-state index contributed by atoms with van der Waals surface area (Å²) in [5.41, 5.74) is 6.21. The molecule has 0 spiro atoms. The van der Waals surface area contributed by atoms with E-state index in [1.807, 2.05) is 0 Å². The van der Waals surface area contributed by atoms with Crippen LogP contribution < -0.4 is 0 Å². The van der Waals surface area contributed by atoms with Gasteiger partial charge in [0.15, 0.2) is 0 Å². The molecule has 0 fully saturated rings. The quantitative estimate of drug-likeness (QED) is 0.269. The molecule has 31 heavy (non-hydrogen) atoms. The van der Waals surface area contributed by atoms with Crippen molar-refractivity contribution in [3.63, 3.8) is 0 Å². The third-order valence-electron chi connectivity index (χ3n) is 5.71. The molecule has 2 aromatic heterocycles. The molecule has 0 aliphatic carbocycles. The van der Waals surface area contributed by atoms with Gasteiger partial charge in [0.05, 0.1) is 0 Å². The van der Waals surface area contributed by atoms with Gasteiger partial charge < -0.3 is 0 Å². The maximum absolute atomic E-state index is 4.78. The monoisotopic (exact) mass is 464 g/mol. The summed E-state index contributed by atoms with van der Waals surface area (Å²) in [6, 6.07) is 34.6. The van der Waals surface area contributed by atoms with E-state index >= 15 is 0 Å². The fourth-order valence-electron chi connectivity index (χ4n) is 4.24. The summed E-state index contributed by atoms with van der Waals surface area (Å²) in [6.07, 6.45) is 4.39. The van der Waals surface area contributed by atoms with Crippen molar-refractivity contribution < 1.29 is 0 Å². The summed E-state index contributed by atoms with van der Waals surface area (Å²) in [6.45, 7) is 0.873. The van der Waals surface area contributed by atoms with Gasteiger partial charge in [0.2, 0.25) is 0 Å². The second-order valence-electron chi connectivity index (χ2n) is 7.72. The number of benzene rings is 4. The predicted octanol–water partition coefficient (Wildman–Crippen LogP) is 6.62. The van der Waals surface area contributed by atoms with Crippen LogP contribution in [0.5, 0.6) is 0 Å². The van der Waals surface area contributed by atoms with E-state index in [0.29, 0.717) is 14.5 Å². The molecule has 0 saturated heterocycles. The molecule has 0 radical (unpaired) electrons. The van der Waals surface area contributed by atoms with E-state index in [9.17, 15) is 0 Å². The maximum atomic E-state index is 4.78. The van der Waals surface area contributed by atoms with Crippen molar-refractivity contribution in [3.8, 4) is 0 Å². The number of aromatic nitrogens is 2. The third kappa shape index (κ3) is 3.42. The van der Waals surface area contributed by atoms with Gasteiger partial charge >= 0.3 is 181 Å². The van der Waals surface area contributed by atoms with E-state index in [0.717, 1.165) is 12.1 Å². The van der Waals surface area contributed by atoms with Gasteiger partial charge in [0.1, 0.15) is 0 Å². The van der Waals surface area contributed by atoms with Crippen LogP contribution in [0, 0.1) is 0 Å². The summed E-state index contributed by atoms with van der Waals surface area (Å²) in [5.74, 6) is 0. The van der Waals surface area contributed by atoms with Gasteiger partial charge in [-0.15, -0.1) is 0 Å². The summed E-state index contributed by atoms with van der Waals surface area (Å²) >= 11 is 0.295. The molecule has 2 heterocycles. The van der Waals surface area contributed by atoms with E-state index < -0.39 is 0 Å². The Morgan fingerprint density at radius 2 is 1.48 bits per heavy atom. The molecule has 0 amide bonds. The van der Waals surface area contributed by atoms with Crippen molar-refractivity contribution in [1.29, 1.82) is 0 Å². The Labute approximate surface area is 186 Å². The van der Waals surface area contributed by atoms with Crippen molar-refractivity contribution in [2.45, 2.75) is 6.54 Å². The first-order chi connectivity index (χ1) is 15.3. The van der Waals surface area contributed by atoms with Crippen molar-refractivity contribution in [1.82, 2.24) is 9.55 Å². The number of para-hydroxylation sites is 2. The Morgan fingerprint density at radius 1 is 0.710 bits per heavy atom. The Hall–Kier alpha value is -3.39. The van der Waals surface area contributed by atoms with E-state index in [1.54, 1.807) is 0 Å². The molecule has 0 aliphatic rings. The molecular formula is C28H20N2Se. The van der Waals surface area contributed by atoms with Crippen LogP contribution in [0.3, 0.4) is 0 Å². The van der Waals surface area contributed by atoms with Gasteiger partial charge in [-0.2, -0.15) is 0 Å². The zero-order valence-electron chi connectivity index (χ0n) is 16.9. The number of hydrogen-bond acceptors (Lipinski definition) is 1. The number of hydrogen-bond donors (Lipinski definition) is 0. The van der Waals surface area contributed by atoms with Crippen LogP contribution in [0.25, 0.3) is 43.7 Å². The van der Waals surface area contributed by atoms with E-state index in [-0.39, 0.29) is 0 Å². The average Bonchev–Trinajstić information content (AvgIpc) is 3.38. The minimum atomic E-state index is 0.295. The van der Waals surface area contributed by atoms with Crippen molar-refractivity contribution in [2.75, 3.05) is 0 Å². The SMILES string of the molecule is C(=C\c1nc2ccccc2[se]1)/c1ccc2c(c1)c1ccccc1n2Cc1ccccc1. The first-order valence-electron chi connectivity index (χ1n) is 10.4. The molecule has 0 N–H and O–H groups in total. The van der Waals surface area contributed by atoms with Gasteiger partial charge in [-0.1, -0.05) is 6.07 Å². The van der Waals surface area contributed by atoms with Crippen LogP contribution >= 0.6 is 0 Å². The molecule has 6 rings (SSSR count). The van der Waals surface area contributed by atoms with Crippen molar-refractivity contribution >= 4 is 58.2 Å². The topological polar surface area (TPSA) is 17.8 Å². The fourth-order valence-corrected chi connectivity index (χ4v) is 6.07.